The molecule has 2 atom stereocenters. The number of hydrogen-bond acceptors (Lipinski definition) is 3. The molecular formula is C10H12Cl2FNO2. The minimum atomic E-state index is -1.16. The van der Waals surface area contributed by atoms with Crippen LogP contribution in [0.4, 0.5) is 4.39 Å². The number of nitrogens with one attached hydrogen (secondary N) is 1. The number of hydrogen-bond donors (Lipinski definition) is 3. The first-order chi connectivity index (χ1) is 7.47. The molecule has 3 N–H and O–H groups in total. The maximum absolute atomic E-state index is 13.1. The molecule has 0 bridgehead atoms. The van der Waals surface area contributed by atoms with Gasteiger partial charge in [-0.15, -0.1) is 0 Å². The minimum Gasteiger partial charge on any atom is -0.389 e. The van der Waals surface area contributed by atoms with Crippen molar-refractivity contribution < 1.29 is 14.6 Å². The largest absolute Gasteiger partial charge is 0.389 e. The van der Waals surface area contributed by atoms with E-state index in [1.807, 2.05) is 0 Å². The van der Waals surface area contributed by atoms with Crippen LogP contribution in [-0.2, 0) is 0 Å². The molecule has 3 nitrogen and oxygen atoms in total. The molecular weight excluding hydrogens is 256 g/mol. The summed E-state index contributed by atoms with van der Waals surface area (Å²) in [5.74, 6) is -0.734. The van der Waals surface area contributed by atoms with Gasteiger partial charge in [-0.3, -0.25) is 0 Å². The van der Waals surface area contributed by atoms with Crippen LogP contribution in [-0.4, -0.2) is 29.9 Å². The van der Waals surface area contributed by atoms with Crippen LogP contribution in [0.1, 0.15) is 11.7 Å². The van der Waals surface area contributed by atoms with Crippen LogP contribution < -0.4 is 5.32 Å². The van der Waals surface area contributed by atoms with Crippen molar-refractivity contribution in [2.45, 2.75) is 12.2 Å². The quantitative estimate of drug-likeness (QED) is 0.729. The van der Waals surface area contributed by atoms with Crippen molar-refractivity contribution >= 4 is 23.2 Å². The van der Waals surface area contributed by atoms with E-state index in [0.29, 0.717) is 0 Å². The van der Waals surface area contributed by atoms with E-state index in [4.69, 9.17) is 23.2 Å². The van der Waals surface area contributed by atoms with E-state index >= 15 is 0 Å². The van der Waals surface area contributed by atoms with Gasteiger partial charge in [-0.25, -0.2) is 4.39 Å². The van der Waals surface area contributed by atoms with Crippen molar-refractivity contribution in [2.75, 3.05) is 13.6 Å². The van der Waals surface area contributed by atoms with Crippen LogP contribution in [0.2, 0.25) is 10.0 Å². The van der Waals surface area contributed by atoms with Crippen LogP contribution in [0.25, 0.3) is 0 Å². The third-order valence-electron chi connectivity index (χ3n) is 2.13. The SMILES string of the molecule is CNCC(O)C(O)c1cc(Cl)c(F)c(Cl)c1. The lowest BCUT2D eigenvalue weighted by Crippen LogP contribution is -2.29. The van der Waals surface area contributed by atoms with Crippen molar-refractivity contribution in [3.05, 3.63) is 33.6 Å². The lowest BCUT2D eigenvalue weighted by Gasteiger charge is -2.18. The molecule has 16 heavy (non-hydrogen) atoms. The van der Waals surface area contributed by atoms with Gasteiger partial charge in [-0.1, -0.05) is 23.2 Å². The summed E-state index contributed by atoms with van der Waals surface area (Å²) in [7, 11) is 1.64. The monoisotopic (exact) mass is 267 g/mol. The highest BCUT2D eigenvalue weighted by atomic mass is 35.5. The highest BCUT2D eigenvalue weighted by Crippen LogP contribution is 2.28. The zero-order valence-corrected chi connectivity index (χ0v) is 10.1. The fourth-order valence-electron chi connectivity index (χ4n) is 1.29. The molecule has 0 radical (unpaired) electrons. The number of rotatable bonds is 4. The second kappa shape index (κ2) is 5.80. The minimum absolute atomic E-state index is 0.182. The molecule has 2 unspecified atom stereocenters. The number of benzene rings is 1. The summed E-state index contributed by atoms with van der Waals surface area (Å²) < 4.78 is 13.1. The lowest BCUT2D eigenvalue weighted by molar-refractivity contribution is 0.0202. The fourth-order valence-corrected chi connectivity index (χ4v) is 1.79. The molecule has 0 spiro atoms. The number of halogens is 3. The van der Waals surface area contributed by atoms with Gasteiger partial charge in [-0.05, 0) is 24.7 Å². The highest BCUT2D eigenvalue weighted by Gasteiger charge is 2.20. The van der Waals surface area contributed by atoms with E-state index in [-0.39, 0.29) is 22.2 Å². The molecule has 0 saturated carbocycles. The van der Waals surface area contributed by atoms with Gasteiger partial charge in [-0.2, -0.15) is 0 Å². The zero-order valence-electron chi connectivity index (χ0n) is 8.54. The summed E-state index contributed by atoms with van der Waals surface area (Å²) in [5, 5.41) is 21.6. The summed E-state index contributed by atoms with van der Waals surface area (Å²) in [6.45, 7) is 0.202. The highest BCUT2D eigenvalue weighted by molar-refractivity contribution is 6.35. The zero-order chi connectivity index (χ0) is 12.3. The topological polar surface area (TPSA) is 52.5 Å². The Hall–Kier alpha value is -0.390. The van der Waals surface area contributed by atoms with E-state index in [1.165, 1.54) is 12.1 Å². The molecule has 1 rings (SSSR count). The Morgan fingerprint density at radius 1 is 1.31 bits per heavy atom. The molecule has 0 aliphatic heterocycles. The third-order valence-corrected chi connectivity index (χ3v) is 2.68. The Balaban J connectivity index is 2.96. The molecule has 0 amide bonds. The van der Waals surface area contributed by atoms with Crippen molar-refractivity contribution in [1.29, 1.82) is 0 Å². The lowest BCUT2D eigenvalue weighted by atomic mass is 10.0. The Bertz CT molecular complexity index is 353. The van der Waals surface area contributed by atoms with Crippen LogP contribution >= 0.6 is 23.2 Å². The predicted octanol–water partition coefficient (Wildman–Crippen LogP) is 1.75. The van der Waals surface area contributed by atoms with Crippen LogP contribution in [0, 0.1) is 5.82 Å². The maximum atomic E-state index is 13.1. The van der Waals surface area contributed by atoms with Gasteiger partial charge in [0.05, 0.1) is 16.1 Å². The van der Waals surface area contributed by atoms with E-state index in [9.17, 15) is 14.6 Å². The first-order valence-electron chi connectivity index (χ1n) is 4.62. The smallest absolute Gasteiger partial charge is 0.160 e. The second-order valence-electron chi connectivity index (χ2n) is 3.37. The van der Waals surface area contributed by atoms with E-state index < -0.39 is 18.0 Å². The summed E-state index contributed by atoms with van der Waals surface area (Å²) in [6, 6.07) is 2.48. The van der Waals surface area contributed by atoms with E-state index in [0.717, 1.165) is 0 Å². The first-order valence-corrected chi connectivity index (χ1v) is 5.38. The normalized spacial score (nSPS) is 14.9. The molecule has 0 aromatic heterocycles. The van der Waals surface area contributed by atoms with Crippen molar-refractivity contribution in [1.82, 2.24) is 5.32 Å². The average Bonchev–Trinajstić information content (AvgIpc) is 2.24. The third kappa shape index (κ3) is 3.06. The molecule has 1 aromatic rings. The second-order valence-corrected chi connectivity index (χ2v) is 4.18. The first kappa shape index (κ1) is 13.7. The molecule has 0 aliphatic carbocycles. The molecule has 0 heterocycles. The van der Waals surface area contributed by atoms with Crippen molar-refractivity contribution in [3.8, 4) is 0 Å². The van der Waals surface area contributed by atoms with Gasteiger partial charge in [0.15, 0.2) is 5.82 Å². The van der Waals surface area contributed by atoms with E-state index in [1.54, 1.807) is 7.05 Å². The average molecular weight is 268 g/mol. The van der Waals surface area contributed by atoms with E-state index in [2.05, 4.69) is 5.32 Å². The summed E-state index contributed by atoms with van der Waals surface area (Å²) in [5.41, 5.74) is 0.277. The van der Waals surface area contributed by atoms with Crippen LogP contribution in [0.5, 0.6) is 0 Å². The molecule has 0 saturated heterocycles. The summed E-state index contributed by atoms with van der Waals surface area (Å²) in [6.07, 6.45) is -2.18. The summed E-state index contributed by atoms with van der Waals surface area (Å²) in [4.78, 5) is 0. The Labute approximate surface area is 103 Å². The number of aliphatic hydroxyl groups excluding tert-OH is 2. The molecule has 1 aromatic carbocycles. The Morgan fingerprint density at radius 2 is 1.81 bits per heavy atom. The van der Waals surface area contributed by atoms with Crippen LogP contribution in [0.3, 0.4) is 0 Å². The van der Waals surface area contributed by atoms with Gasteiger partial charge in [0.1, 0.15) is 6.10 Å². The summed E-state index contributed by atoms with van der Waals surface area (Å²) >= 11 is 11.2. The number of likely N-dealkylation sites (N-methyl/N-ethyl adjacent to an activating group) is 1. The van der Waals surface area contributed by atoms with Gasteiger partial charge < -0.3 is 15.5 Å². The molecule has 90 valence electrons. The van der Waals surface area contributed by atoms with Gasteiger partial charge in [0.2, 0.25) is 0 Å². The standard InChI is InChI=1S/C10H12Cl2FNO2/c1-14-4-8(15)10(16)5-2-6(11)9(13)7(12)3-5/h2-3,8,10,14-16H,4H2,1H3. The maximum Gasteiger partial charge on any atom is 0.160 e. The van der Waals surface area contributed by atoms with Crippen molar-refractivity contribution in [2.24, 2.45) is 0 Å². The van der Waals surface area contributed by atoms with Crippen molar-refractivity contribution in [3.63, 3.8) is 0 Å². The van der Waals surface area contributed by atoms with Crippen LogP contribution in [0.15, 0.2) is 12.1 Å². The predicted molar refractivity (Wildman–Crippen MR) is 61.3 cm³/mol. The van der Waals surface area contributed by atoms with Gasteiger partial charge >= 0.3 is 0 Å². The number of aliphatic hydroxyl groups is 2. The molecule has 0 fully saturated rings. The Morgan fingerprint density at radius 3 is 2.25 bits per heavy atom. The molecule has 6 heteroatoms. The molecule has 0 aliphatic rings. The Kier molecular flexibility index (Phi) is 4.95. The van der Waals surface area contributed by atoms with Gasteiger partial charge in [0, 0.05) is 6.54 Å². The fraction of sp³-hybridized carbons (Fsp3) is 0.400. The van der Waals surface area contributed by atoms with Gasteiger partial charge in [0.25, 0.3) is 0 Å².